The van der Waals surface area contributed by atoms with E-state index in [4.69, 9.17) is 9.97 Å². The summed E-state index contributed by atoms with van der Waals surface area (Å²) in [4.78, 5) is 71.5. The first-order valence-corrected chi connectivity index (χ1v) is 25.3. The molecule has 0 radical (unpaired) electrons. The molecule has 10 rings (SSSR count). The second-order valence-corrected chi connectivity index (χ2v) is 20.3. The van der Waals surface area contributed by atoms with Crippen LogP contribution in [0.4, 0.5) is 0 Å². The molecular formula is C52H44N6O4S4. The maximum atomic E-state index is 14.3. The Hall–Kier alpha value is -6.58. The molecule has 4 aromatic heterocycles. The molecule has 6 heterocycles. The first-order chi connectivity index (χ1) is 32.4. The Morgan fingerprint density at radius 1 is 0.500 bits per heavy atom. The standard InChI is InChI=1S/C52H44N6O4S4/c59-47(41-17-9-29-63-41)55-45(37-11-3-1-4-12-37)51(61)57-27-7-15-39(57)49-53-31-43(65-49)35-23-19-33(20-24-35)34-21-25-36(26-22-34)44-32-54-50(66-44)40-16-8-28-58(40)52(62)46(38-13-5-2-6-14-38)56-48(60)42-18-10-30-64-42/h1-6,9-14,17-26,29-32,39-40,45-46H,7-8,15-16,27-28H2,(H,55,59)(H,56,60)/t39-,40-,45-,46+/m0/s1. The molecule has 0 saturated carbocycles. The SMILES string of the molecule is O=C(N[C@H](C(=O)N1CCC[C@H]1c1ncc(-c2ccc(-c3ccc(-c4cnc([C@@H]5CCCN5C(=O)[C@H](NC(=O)c5cccs5)c5ccccc5)s4)cc3)cc2)s1)c1ccccc1)c1cccs1. The van der Waals surface area contributed by atoms with Gasteiger partial charge in [0.15, 0.2) is 0 Å². The first kappa shape index (κ1) is 43.3. The predicted octanol–water partition coefficient (Wildman–Crippen LogP) is 11.4. The molecule has 14 heteroatoms. The number of thiazole rings is 2. The average molecular weight is 945 g/mol. The Bertz CT molecular complexity index is 2730. The zero-order chi connectivity index (χ0) is 45.0. The molecule has 4 atom stereocenters. The number of carbonyl (C=O) groups excluding carboxylic acids is 4. The second-order valence-electron chi connectivity index (χ2n) is 16.2. The largest absolute Gasteiger partial charge is 0.336 e. The number of hydrogen-bond donors (Lipinski definition) is 2. The topological polar surface area (TPSA) is 125 Å². The minimum atomic E-state index is -0.805. The van der Waals surface area contributed by atoms with Crippen LogP contribution in [0.2, 0.25) is 0 Å². The van der Waals surface area contributed by atoms with Crippen LogP contribution in [0.1, 0.15) is 90.3 Å². The highest BCUT2D eigenvalue weighted by Crippen LogP contribution is 2.41. The first-order valence-electron chi connectivity index (χ1n) is 21.9. The van der Waals surface area contributed by atoms with Crippen molar-refractivity contribution in [3.05, 3.63) is 188 Å². The van der Waals surface area contributed by atoms with Gasteiger partial charge in [0.2, 0.25) is 11.8 Å². The van der Waals surface area contributed by atoms with Crippen molar-refractivity contribution in [3.63, 3.8) is 0 Å². The second kappa shape index (κ2) is 19.5. The fraction of sp³-hybridized carbons (Fsp3) is 0.192. The Kier molecular flexibility index (Phi) is 12.8. The van der Waals surface area contributed by atoms with Crippen LogP contribution in [-0.4, -0.2) is 56.5 Å². The van der Waals surface area contributed by atoms with Gasteiger partial charge in [-0.1, -0.05) is 121 Å². The Morgan fingerprint density at radius 3 is 1.27 bits per heavy atom. The van der Waals surface area contributed by atoms with Crippen molar-refractivity contribution >= 4 is 69.0 Å². The number of aromatic nitrogens is 2. The summed E-state index contributed by atoms with van der Waals surface area (Å²) in [5.74, 6) is -0.782. The van der Waals surface area contributed by atoms with E-state index in [0.29, 0.717) is 22.8 Å². The summed E-state index contributed by atoms with van der Waals surface area (Å²) in [6.45, 7) is 1.20. The summed E-state index contributed by atoms with van der Waals surface area (Å²) in [6, 6.07) is 41.1. The van der Waals surface area contributed by atoms with E-state index < -0.39 is 12.1 Å². The van der Waals surface area contributed by atoms with Gasteiger partial charge in [0.1, 0.15) is 22.1 Å². The molecule has 2 N–H and O–H groups in total. The Morgan fingerprint density at radius 2 is 0.894 bits per heavy atom. The third-order valence-corrected chi connectivity index (χ3v) is 16.2. The van der Waals surface area contributed by atoms with Gasteiger partial charge in [-0.3, -0.25) is 19.2 Å². The van der Waals surface area contributed by atoms with E-state index in [9.17, 15) is 19.2 Å². The smallest absolute Gasteiger partial charge is 0.262 e. The third-order valence-electron chi connectivity index (χ3n) is 12.2. The van der Waals surface area contributed by atoms with Crippen molar-refractivity contribution < 1.29 is 19.2 Å². The highest BCUT2D eigenvalue weighted by Gasteiger charge is 2.39. The zero-order valence-corrected chi connectivity index (χ0v) is 38.9. The van der Waals surface area contributed by atoms with E-state index in [1.807, 2.05) is 106 Å². The van der Waals surface area contributed by atoms with Gasteiger partial charge in [-0.05, 0) is 82.0 Å². The number of benzene rings is 4. The number of rotatable bonds is 13. The minimum absolute atomic E-state index is 0.130. The van der Waals surface area contributed by atoms with Crippen molar-refractivity contribution in [2.24, 2.45) is 0 Å². The number of likely N-dealkylation sites (tertiary alicyclic amines) is 2. The van der Waals surface area contributed by atoms with Crippen LogP contribution in [-0.2, 0) is 9.59 Å². The third kappa shape index (κ3) is 9.14. The molecule has 4 amide bonds. The van der Waals surface area contributed by atoms with Gasteiger partial charge >= 0.3 is 0 Å². The molecule has 0 spiro atoms. The van der Waals surface area contributed by atoms with Crippen LogP contribution in [0.25, 0.3) is 32.0 Å². The van der Waals surface area contributed by atoms with Gasteiger partial charge < -0.3 is 20.4 Å². The molecule has 0 aliphatic carbocycles. The molecule has 2 saturated heterocycles. The maximum Gasteiger partial charge on any atom is 0.262 e. The summed E-state index contributed by atoms with van der Waals surface area (Å²) >= 11 is 5.91. The average Bonchev–Trinajstić information content (AvgIpc) is 4.22. The van der Waals surface area contributed by atoms with Gasteiger partial charge in [-0.25, -0.2) is 9.97 Å². The number of carbonyl (C=O) groups is 4. The van der Waals surface area contributed by atoms with Gasteiger partial charge in [0, 0.05) is 25.5 Å². The Labute approximate surface area is 398 Å². The summed E-state index contributed by atoms with van der Waals surface area (Å²) in [5, 5.41) is 11.5. The van der Waals surface area contributed by atoms with Crippen LogP contribution >= 0.6 is 45.3 Å². The summed E-state index contributed by atoms with van der Waals surface area (Å²) < 4.78 is 0. The van der Waals surface area contributed by atoms with Crippen molar-refractivity contribution in [1.29, 1.82) is 0 Å². The van der Waals surface area contributed by atoms with Crippen molar-refractivity contribution in [2.45, 2.75) is 49.9 Å². The molecule has 10 nitrogen and oxygen atoms in total. The van der Waals surface area contributed by atoms with E-state index in [1.165, 1.54) is 22.7 Å². The number of amides is 4. The maximum absolute atomic E-state index is 14.3. The van der Waals surface area contributed by atoms with E-state index in [1.54, 1.807) is 34.8 Å². The molecule has 8 aromatic rings. The summed E-state index contributed by atoms with van der Waals surface area (Å²) in [7, 11) is 0. The van der Waals surface area contributed by atoms with E-state index in [2.05, 4.69) is 59.2 Å². The molecule has 0 bridgehead atoms. The molecule has 2 aliphatic rings. The minimum Gasteiger partial charge on any atom is -0.336 e. The summed E-state index contributed by atoms with van der Waals surface area (Å²) in [5.41, 5.74) is 5.78. The fourth-order valence-corrected chi connectivity index (χ4v) is 12.2. The molecule has 2 fully saturated rings. The lowest BCUT2D eigenvalue weighted by molar-refractivity contribution is -0.135. The van der Waals surface area contributed by atoms with Gasteiger partial charge in [0.05, 0.1) is 31.6 Å². The van der Waals surface area contributed by atoms with Crippen molar-refractivity contribution in [3.8, 4) is 32.0 Å². The van der Waals surface area contributed by atoms with Crippen molar-refractivity contribution in [1.82, 2.24) is 30.4 Å². The lowest BCUT2D eigenvalue weighted by Crippen LogP contribution is -2.42. The van der Waals surface area contributed by atoms with Gasteiger partial charge in [0.25, 0.3) is 11.8 Å². The predicted molar refractivity (Wildman–Crippen MR) is 263 cm³/mol. The zero-order valence-electron chi connectivity index (χ0n) is 35.6. The number of thiophene rings is 2. The molecule has 0 unspecified atom stereocenters. The van der Waals surface area contributed by atoms with E-state index >= 15 is 0 Å². The van der Waals surface area contributed by atoms with Crippen LogP contribution in [0, 0.1) is 0 Å². The monoisotopic (exact) mass is 944 g/mol. The Balaban J connectivity index is 0.800. The fourth-order valence-electron chi connectivity index (χ4n) is 8.80. The molecule has 2 aliphatic heterocycles. The van der Waals surface area contributed by atoms with Crippen LogP contribution in [0.5, 0.6) is 0 Å². The van der Waals surface area contributed by atoms with Crippen LogP contribution in [0.15, 0.2) is 157 Å². The molecule has 66 heavy (non-hydrogen) atoms. The number of nitrogens with one attached hydrogen (secondary N) is 2. The van der Waals surface area contributed by atoms with E-state index in [-0.39, 0.29) is 35.7 Å². The molecule has 4 aromatic carbocycles. The highest BCUT2D eigenvalue weighted by atomic mass is 32.1. The van der Waals surface area contributed by atoms with Gasteiger partial charge in [-0.15, -0.1) is 45.3 Å². The highest BCUT2D eigenvalue weighted by molar-refractivity contribution is 7.15. The van der Waals surface area contributed by atoms with E-state index in [0.717, 1.165) is 78.8 Å². The molecular weight excluding hydrogens is 901 g/mol. The molecule has 330 valence electrons. The number of hydrogen-bond acceptors (Lipinski definition) is 10. The number of nitrogens with zero attached hydrogens (tertiary/aromatic N) is 4. The van der Waals surface area contributed by atoms with Gasteiger partial charge in [-0.2, -0.15) is 0 Å². The van der Waals surface area contributed by atoms with Crippen molar-refractivity contribution in [2.75, 3.05) is 13.1 Å². The normalized spacial score (nSPS) is 16.8. The lowest BCUT2D eigenvalue weighted by atomic mass is 10.0. The van der Waals surface area contributed by atoms with Crippen LogP contribution < -0.4 is 10.6 Å². The summed E-state index contributed by atoms with van der Waals surface area (Å²) in [6.07, 6.45) is 7.13. The van der Waals surface area contributed by atoms with Crippen LogP contribution in [0.3, 0.4) is 0 Å². The quantitative estimate of drug-likeness (QED) is 0.119. The lowest BCUT2D eigenvalue weighted by Gasteiger charge is -2.28.